The van der Waals surface area contributed by atoms with Gasteiger partial charge in [0.25, 0.3) is 0 Å². The molecule has 82 valence electrons. The third-order valence-electron chi connectivity index (χ3n) is 3.04. The van der Waals surface area contributed by atoms with Crippen molar-refractivity contribution >= 4 is 5.97 Å². The molecule has 3 heteroatoms. The molecule has 2 atom stereocenters. The van der Waals surface area contributed by atoms with E-state index in [1.165, 1.54) is 7.11 Å². The first-order chi connectivity index (χ1) is 6.74. The third-order valence-corrected chi connectivity index (χ3v) is 3.04. The van der Waals surface area contributed by atoms with Crippen molar-refractivity contribution < 1.29 is 9.53 Å². The first-order valence-corrected chi connectivity index (χ1v) is 5.57. The summed E-state index contributed by atoms with van der Waals surface area (Å²) < 4.78 is 4.78. The first-order valence-electron chi connectivity index (χ1n) is 5.57. The highest BCUT2D eigenvalue weighted by atomic mass is 16.5. The fraction of sp³-hybridized carbons (Fsp3) is 0.909. The molecule has 1 fully saturated rings. The van der Waals surface area contributed by atoms with Crippen LogP contribution in [-0.4, -0.2) is 19.1 Å². The summed E-state index contributed by atoms with van der Waals surface area (Å²) in [5.41, 5.74) is 5.91. The molecule has 14 heavy (non-hydrogen) atoms. The van der Waals surface area contributed by atoms with Crippen molar-refractivity contribution in [2.75, 3.05) is 7.11 Å². The molecule has 0 amide bonds. The molecule has 0 bridgehead atoms. The molecule has 0 aromatic heterocycles. The Morgan fingerprint density at radius 2 is 1.71 bits per heavy atom. The lowest BCUT2D eigenvalue weighted by Crippen LogP contribution is -2.19. The van der Waals surface area contributed by atoms with Crippen LogP contribution in [0.15, 0.2) is 0 Å². The Morgan fingerprint density at radius 1 is 1.14 bits per heavy atom. The van der Waals surface area contributed by atoms with Crippen LogP contribution < -0.4 is 5.73 Å². The third kappa shape index (κ3) is 3.66. The van der Waals surface area contributed by atoms with Crippen LogP contribution in [0.1, 0.15) is 44.9 Å². The van der Waals surface area contributed by atoms with Gasteiger partial charge >= 0.3 is 5.97 Å². The normalized spacial score (nSPS) is 29.9. The molecule has 3 nitrogen and oxygen atoms in total. The summed E-state index contributed by atoms with van der Waals surface area (Å²) in [6.45, 7) is 0. The van der Waals surface area contributed by atoms with Crippen molar-refractivity contribution in [3.63, 3.8) is 0 Å². The summed E-state index contributed by atoms with van der Waals surface area (Å²) in [6, 6.07) is 0.339. The van der Waals surface area contributed by atoms with E-state index in [9.17, 15) is 4.79 Å². The van der Waals surface area contributed by atoms with Crippen molar-refractivity contribution in [3.8, 4) is 0 Å². The van der Waals surface area contributed by atoms with Crippen LogP contribution in [0.25, 0.3) is 0 Å². The molecule has 1 saturated carbocycles. The molecule has 2 N–H and O–H groups in total. The van der Waals surface area contributed by atoms with E-state index in [1.54, 1.807) is 0 Å². The standard InChI is InChI=1S/C11H21NO2/c1-14-11(13)9-5-2-3-7-10(12)8-4-6-9/h9-10H,2-8,12H2,1H3. The predicted molar refractivity (Wildman–Crippen MR) is 55.8 cm³/mol. The molecule has 0 aromatic carbocycles. The largest absolute Gasteiger partial charge is 0.469 e. The highest BCUT2D eigenvalue weighted by molar-refractivity contribution is 5.72. The summed E-state index contributed by atoms with van der Waals surface area (Å²) in [4.78, 5) is 11.4. The second-order valence-electron chi connectivity index (χ2n) is 4.20. The van der Waals surface area contributed by atoms with Crippen molar-refractivity contribution in [2.24, 2.45) is 11.7 Å². The van der Waals surface area contributed by atoms with E-state index in [-0.39, 0.29) is 11.9 Å². The second kappa shape index (κ2) is 6.02. The maximum absolute atomic E-state index is 11.4. The van der Waals surface area contributed by atoms with E-state index in [4.69, 9.17) is 10.5 Å². The van der Waals surface area contributed by atoms with E-state index >= 15 is 0 Å². The van der Waals surface area contributed by atoms with Crippen molar-refractivity contribution in [1.29, 1.82) is 0 Å². The topological polar surface area (TPSA) is 52.3 Å². The van der Waals surface area contributed by atoms with Gasteiger partial charge in [-0.3, -0.25) is 4.79 Å². The molecule has 1 rings (SSSR count). The average Bonchev–Trinajstić information content (AvgIpc) is 2.29. The first kappa shape index (κ1) is 11.5. The summed E-state index contributed by atoms with van der Waals surface area (Å²) in [6.07, 6.45) is 7.38. The van der Waals surface area contributed by atoms with Crippen LogP contribution >= 0.6 is 0 Å². The average molecular weight is 199 g/mol. The van der Waals surface area contributed by atoms with Gasteiger partial charge in [0.1, 0.15) is 0 Å². The molecular weight excluding hydrogens is 178 g/mol. The Bertz CT molecular complexity index is 182. The van der Waals surface area contributed by atoms with Crippen molar-refractivity contribution in [3.05, 3.63) is 0 Å². The van der Waals surface area contributed by atoms with Gasteiger partial charge in [-0.15, -0.1) is 0 Å². The van der Waals surface area contributed by atoms with Gasteiger partial charge in [-0.05, 0) is 25.7 Å². The minimum atomic E-state index is -0.0412. The van der Waals surface area contributed by atoms with Crippen LogP contribution in [-0.2, 0) is 9.53 Å². The van der Waals surface area contributed by atoms with Gasteiger partial charge in [0.2, 0.25) is 0 Å². The summed E-state index contributed by atoms with van der Waals surface area (Å²) in [5.74, 6) is 0.0748. The molecule has 0 spiro atoms. The molecule has 0 aromatic rings. The summed E-state index contributed by atoms with van der Waals surface area (Å²) >= 11 is 0. The number of esters is 1. The lowest BCUT2D eigenvalue weighted by Gasteiger charge is -2.12. The van der Waals surface area contributed by atoms with Gasteiger partial charge in [0, 0.05) is 6.04 Å². The lowest BCUT2D eigenvalue weighted by molar-refractivity contribution is -0.146. The van der Waals surface area contributed by atoms with Gasteiger partial charge < -0.3 is 10.5 Å². The maximum atomic E-state index is 11.4. The molecule has 0 aliphatic heterocycles. The smallest absolute Gasteiger partial charge is 0.308 e. The highest BCUT2D eigenvalue weighted by Crippen LogP contribution is 2.22. The number of hydrogen-bond acceptors (Lipinski definition) is 3. The van der Waals surface area contributed by atoms with Gasteiger partial charge in [-0.1, -0.05) is 19.3 Å². The monoisotopic (exact) mass is 199 g/mol. The predicted octanol–water partition coefficient (Wildman–Crippen LogP) is 1.85. The summed E-state index contributed by atoms with van der Waals surface area (Å²) in [5, 5.41) is 0. The fourth-order valence-electron chi connectivity index (χ4n) is 2.11. The zero-order valence-electron chi connectivity index (χ0n) is 9.00. The van der Waals surface area contributed by atoms with Crippen molar-refractivity contribution in [2.45, 2.75) is 51.0 Å². The van der Waals surface area contributed by atoms with Crippen LogP contribution in [0.3, 0.4) is 0 Å². The molecule has 1 aliphatic rings. The summed E-state index contributed by atoms with van der Waals surface area (Å²) in [7, 11) is 1.47. The highest BCUT2D eigenvalue weighted by Gasteiger charge is 2.20. The lowest BCUT2D eigenvalue weighted by atomic mass is 9.97. The molecule has 0 radical (unpaired) electrons. The Labute approximate surface area is 86.0 Å². The number of carbonyl (C=O) groups excluding carboxylic acids is 1. The van der Waals surface area contributed by atoms with E-state index in [2.05, 4.69) is 0 Å². The Kier molecular flexibility index (Phi) is 4.94. The van der Waals surface area contributed by atoms with Gasteiger partial charge in [-0.25, -0.2) is 0 Å². The number of rotatable bonds is 1. The minimum Gasteiger partial charge on any atom is -0.469 e. The molecule has 1 aliphatic carbocycles. The van der Waals surface area contributed by atoms with E-state index in [0.717, 1.165) is 44.9 Å². The Balaban J connectivity index is 2.40. The number of carbonyl (C=O) groups is 1. The zero-order valence-corrected chi connectivity index (χ0v) is 9.00. The number of hydrogen-bond donors (Lipinski definition) is 1. The Morgan fingerprint density at radius 3 is 2.43 bits per heavy atom. The zero-order chi connectivity index (χ0) is 10.4. The quantitative estimate of drug-likeness (QED) is 0.656. The van der Waals surface area contributed by atoms with Gasteiger partial charge in [-0.2, -0.15) is 0 Å². The number of ether oxygens (including phenoxy) is 1. The van der Waals surface area contributed by atoms with Gasteiger partial charge in [0.05, 0.1) is 13.0 Å². The van der Waals surface area contributed by atoms with E-state index in [1.807, 2.05) is 0 Å². The maximum Gasteiger partial charge on any atom is 0.308 e. The molecular formula is C11H21NO2. The second-order valence-corrected chi connectivity index (χ2v) is 4.20. The van der Waals surface area contributed by atoms with E-state index < -0.39 is 0 Å². The SMILES string of the molecule is COC(=O)C1CCCCC(N)CCC1. The van der Waals surface area contributed by atoms with Crippen LogP contribution in [0.4, 0.5) is 0 Å². The van der Waals surface area contributed by atoms with Gasteiger partial charge in [0.15, 0.2) is 0 Å². The Hall–Kier alpha value is -0.570. The molecule has 2 unspecified atom stereocenters. The number of methoxy groups -OCH3 is 1. The van der Waals surface area contributed by atoms with Crippen LogP contribution in [0, 0.1) is 5.92 Å². The molecule has 0 heterocycles. The molecule has 0 saturated heterocycles. The van der Waals surface area contributed by atoms with Crippen LogP contribution in [0.5, 0.6) is 0 Å². The van der Waals surface area contributed by atoms with Crippen LogP contribution in [0.2, 0.25) is 0 Å². The minimum absolute atomic E-state index is 0.0412. The number of nitrogens with two attached hydrogens (primary N) is 1. The van der Waals surface area contributed by atoms with E-state index in [0.29, 0.717) is 6.04 Å². The van der Waals surface area contributed by atoms with Crippen molar-refractivity contribution in [1.82, 2.24) is 0 Å². The fourth-order valence-corrected chi connectivity index (χ4v) is 2.11.